The number of hydrogen-bond acceptors (Lipinski definition) is 4. The zero-order chi connectivity index (χ0) is 13.7. The Morgan fingerprint density at radius 1 is 1.63 bits per heavy atom. The molecular weight excluding hydrogens is 249 g/mol. The number of carbonyl (C=O) groups is 1. The Hall–Kier alpha value is -1.23. The molecule has 0 aliphatic carbocycles. The summed E-state index contributed by atoms with van der Waals surface area (Å²) in [5, 5.41) is 3.67. The number of hydrogen-bond donors (Lipinski definition) is 0. The molecule has 1 aromatic rings. The second-order valence-electron chi connectivity index (χ2n) is 5.06. The zero-order valence-electron chi connectivity index (χ0n) is 11.2. The van der Waals surface area contributed by atoms with Gasteiger partial charge in [-0.1, -0.05) is 18.5 Å². The maximum absolute atomic E-state index is 13.6. The predicted octanol–water partition coefficient (Wildman–Crippen LogP) is 3.48. The lowest BCUT2D eigenvalue weighted by Crippen LogP contribution is -2.05. The lowest BCUT2D eigenvalue weighted by Gasteiger charge is -2.04. The number of nitrogens with zero attached hydrogens (tertiary/aromatic N) is 1. The largest absolute Gasteiger partial charge is 0.381 e. The summed E-state index contributed by atoms with van der Waals surface area (Å²) in [6.07, 6.45) is 2.19. The second kappa shape index (κ2) is 6.80. The average molecular weight is 269 g/mol. The second-order valence-corrected chi connectivity index (χ2v) is 5.06. The number of aromatic nitrogens is 1. The van der Waals surface area contributed by atoms with Crippen LogP contribution in [-0.2, 0) is 4.74 Å². The molecule has 19 heavy (non-hydrogen) atoms. The van der Waals surface area contributed by atoms with Crippen molar-refractivity contribution >= 4 is 5.78 Å². The Bertz CT molecular complexity index is 413. The number of ketones is 1. The molecule has 106 valence electrons. The summed E-state index contributed by atoms with van der Waals surface area (Å²) in [6, 6.07) is 1.44. The molecule has 0 bridgehead atoms. The van der Waals surface area contributed by atoms with Gasteiger partial charge >= 0.3 is 0 Å². The van der Waals surface area contributed by atoms with E-state index in [1.165, 1.54) is 6.07 Å². The van der Waals surface area contributed by atoms with Gasteiger partial charge in [0.05, 0.1) is 0 Å². The van der Waals surface area contributed by atoms with Crippen molar-refractivity contribution in [2.45, 2.75) is 45.2 Å². The van der Waals surface area contributed by atoms with E-state index in [-0.39, 0.29) is 17.2 Å². The molecule has 0 radical (unpaired) electrons. The van der Waals surface area contributed by atoms with E-state index >= 15 is 0 Å². The zero-order valence-corrected chi connectivity index (χ0v) is 11.2. The van der Waals surface area contributed by atoms with E-state index in [4.69, 9.17) is 9.26 Å². The predicted molar refractivity (Wildman–Crippen MR) is 67.8 cm³/mol. The van der Waals surface area contributed by atoms with E-state index in [0.29, 0.717) is 18.8 Å². The topological polar surface area (TPSA) is 52.3 Å². The summed E-state index contributed by atoms with van der Waals surface area (Å²) in [7, 11) is 0. The fourth-order valence-corrected chi connectivity index (χ4v) is 2.24. The molecule has 0 N–H and O–H groups in total. The highest BCUT2D eigenvalue weighted by Gasteiger charge is 2.21. The number of carbonyl (C=O) groups excluding carboxylic acids is 1. The fourth-order valence-electron chi connectivity index (χ4n) is 2.24. The van der Waals surface area contributed by atoms with Crippen LogP contribution in [0.1, 0.15) is 61.4 Å². The first-order chi connectivity index (χ1) is 9.20. The van der Waals surface area contributed by atoms with E-state index in [0.717, 1.165) is 32.5 Å². The van der Waals surface area contributed by atoms with Crippen molar-refractivity contribution in [3.63, 3.8) is 0 Å². The van der Waals surface area contributed by atoms with Gasteiger partial charge in [0, 0.05) is 25.7 Å². The molecule has 0 saturated carbocycles. The van der Waals surface area contributed by atoms with Crippen LogP contribution in [0.2, 0.25) is 0 Å². The molecule has 5 heteroatoms. The standard InChI is InChI=1S/C14H20FNO3/c1-2-3-11(15)14-8-12(16-19-14)13(17)5-4-10-6-7-18-9-10/h8,10-11H,2-7,9H2,1H3. The molecule has 2 rings (SSSR count). The van der Waals surface area contributed by atoms with Gasteiger partial charge in [-0.3, -0.25) is 4.79 Å². The van der Waals surface area contributed by atoms with Crippen molar-refractivity contribution in [3.05, 3.63) is 17.5 Å². The molecule has 2 unspecified atom stereocenters. The first kappa shape index (κ1) is 14.2. The number of alkyl halides is 1. The van der Waals surface area contributed by atoms with Gasteiger partial charge < -0.3 is 9.26 Å². The highest BCUT2D eigenvalue weighted by atomic mass is 19.1. The highest BCUT2D eigenvalue weighted by molar-refractivity contribution is 5.94. The monoisotopic (exact) mass is 269 g/mol. The summed E-state index contributed by atoms with van der Waals surface area (Å²) >= 11 is 0. The van der Waals surface area contributed by atoms with Gasteiger partial charge in [0.15, 0.2) is 17.7 Å². The molecule has 0 amide bonds. The van der Waals surface area contributed by atoms with Crippen LogP contribution < -0.4 is 0 Å². The fraction of sp³-hybridized carbons (Fsp3) is 0.714. The minimum absolute atomic E-state index is 0.0781. The Labute approximate surface area is 112 Å². The molecule has 1 aliphatic heterocycles. The van der Waals surface area contributed by atoms with Crippen molar-refractivity contribution in [2.75, 3.05) is 13.2 Å². The molecule has 2 atom stereocenters. The molecule has 2 heterocycles. The smallest absolute Gasteiger partial charge is 0.184 e. The van der Waals surface area contributed by atoms with Gasteiger partial charge in [0.2, 0.25) is 0 Å². The minimum Gasteiger partial charge on any atom is -0.381 e. The highest BCUT2D eigenvalue weighted by Crippen LogP contribution is 2.24. The lowest BCUT2D eigenvalue weighted by molar-refractivity contribution is 0.0962. The quantitative estimate of drug-likeness (QED) is 0.711. The SMILES string of the molecule is CCCC(F)c1cc(C(=O)CCC2CCOC2)no1. The maximum Gasteiger partial charge on any atom is 0.184 e. The van der Waals surface area contributed by atoms with E-state index in [1.807, 2.05) is 6.92 Å². The maximum atomic E-state index is 13.6. The van der Waals surface area contributed by atoms with Crippen LogP contribution in [0.5, 0.6) is 0 Å². The Kier molecular flexibility index (Phi) is 5.07. The van der Waals surface area contributed by atoms with Crippen LogP contribution in [0.4, 0.5) is 4.39 Å². The van der Waals surface area contributed by atoms with Crippen LogP contribution in [-0.4, -0.2) is 24.2 Å². The summed E-state index contributed by atoms with van der Waals surface area (Å²) in [5.74, 6) is 0.546. The van der Waals surface area contributed by atoms with Gasteiger partial charge in [-0.15, -0.1) is 0 Å². The van der Waals surface area contributed by atoms with Crippen LogP contribution >= 0.6 is 0 Å². The van der Waals surface area contributed by atoms with Crippen molar-refractivity contribution in [3.8, 4) is 0 Å². The summed E-state index contributed by atoms with van der Waals surface area (Å²) in [6.45, 7) is 3.42. The molecule has 1 aliphatic rings. The van der Waals surface area contributed by atoms with Crippen LogP contribution in [0.3, 0.4) is 0 Å². The number of ether oxygens (including phenoxy) is 1. The normalized spacial score (nSPS) is 20.6. The first-order valence-electron chi connectivity index (χ1n) is 6.92. The Morgan fingerprint density at radius 2 is 2.47 bits per heavy atom. The van der Waals surface area contributed by atoms with Gasteiger partial charge in [0.1, 0.15) is 5.69 Å². The van der Waals surface area contributed by atoms with Crippen LogP contribution in [0, 0.1) is 5.92 Å². The van der Waals surface area contributed by atoms with E-state index in [9.17, 15) is 9.18 Å². The van der Waals surface area contributed by atoms with Gasteiger partial charge in [0.25, 0.3) is 0 Å². The molecule has 1 saturated heterocycles. The molecule has 0 aromatic carbocycles. The molecule has 1 aromatic heterocycles. The van der Waals surface area contributed by atoms with E-state index in [2.05, 4.69) is 5.16 Å². The number of rotatable bonds is 7. The average Bonchev–Trinajstić information content (AvgIpc) is 3.07. The van der Waals surface area contributed by atoms with Crippen LogP contribution in [0.15, 0.2) is 10.6 Å². The van der Waals surface area contributed by atoms with Gasteiger partial charge in [-0.25, -0.2) is 4.39 Å². The summed E-state index contributed by atoms with van der Waals surface area (Å²) in [4.78, 5) is 11.9. The molecular formula is C14H20FNO3. The van der Waals surface area contributed by atoms with Crippen LogP contribution in [0.25, 0.3) is 0 Å². The van der Waals surface area contributed by atoms with Crippen molar-refractivity contribution in [1.29, 1.82) is 0 Å². The van der Waals surface area contributed by atoms with E-state index in [1.54, 1.807) is 0 Å². The Morgan fingerprint density at radius 3 is 3.16 bits per heavy atom. The first-order valence-corrected chi connectivity index (χ1v) is 6.92. The number of Topliss-reactive ketones (excluding diaryl/α,β-unsaturated/α-hetero) is 1. The van der Waals surface area contributed by atoms with E-state index < -0.39 is 6.17 Å². The van der Waals surface area contributed by atoms with Crippen molar-refractivity contribution in [1.82, 2.24) is 5.16 Å². The molecule has 0 spiro atoms. The molecule has 1 fully saturated rings. The Balaban J connectivity index is 1.84. The lowest BCUT2D eigenvalue weighted by atomic mass is 10.00. The summed E-state index contributed by atoms with van der Waals surface area (Å²) in [5.41, 5.74) is 0.243. The van der Waals surface area contributed by atoms with Gasteiger partial charge in [-0.2, -0.15) is 0 Å². The third-order valence-corrected chi connectivity index (χ3v) is 3.47. The summed E-state index contributed by atoms with van der Waals surface area (Å²) < 4.78 is 23.7. The number of halogens is 1. The van der Waals surface area contributed by atoms with Crippen molar-refractivity contribution in [2.24, 2.45) is 5.92 Å². The third kappa shape index (κ3) is 3.86. The van der Waals surface area contributed by atoms with Gasteiger partial charge in [-0.05, 0) is 25.2 Å². The van der Waals surface area contributed by atoms with Crippen molar-refractivity contribution < 1.29 is 18.4 Å². The molecule has 4 nitrogen and oxygen atoms in total. The minimum atomic E-state index is -1.16. The third-order valence-electron chi connectivity index (χ3n) is 3.47.